The van der Waals surface area contributed by atoms with Crippen molar-refractivity contribution >= 4 is 40.0 Å². The largest absolute Gasteiger partial charge is 0.494 e. The molecule has 2 aromatic carbocycles. The normalized spacial score (nSPS) is 10.3. The van der Waals surface area contributed by atoms with Gasteiger partial charge in [-0.25, -0.2) is 0 Å². The summed E-state index contributed by atoms with van der Waals surface area (Å²) < 4.78 is 6.40. The molecule has 0 radical (unpaired) electrons. The van der Waals surface area contributed by atoms with Gasteiger partial charge in [-0.05, 0) is 71.5 Å². The fraction of sp³-hybridized carbons (Fsp3) is 0.188. The molecule has 2 rings (SSSR count). The van der Waals surface area contributed by atoms with Gasteiger partial charge in [0.1, 0.15) is 5.75 Å². The average Bonchev–Trinajstić information content (AvgIpc) is 2.47. The summed E-state index contributed by atoms with van der Waals surface area (Å²) in [6, 6.07) is 12.5. The predicted octanol–water partition coefficient (Wildman–Crippen LogP) is 4.96. The van der Waals surface area contributed by atoms with Gasteiger partial charge in [0.2, 0.25) is 0 Å². The number of hydrogen-bond acceptors (Lipinski definition) is 2. The average molecular weight is 401 g/mol. The summed E-state index contributed by atoms with van der Waals surface area (Å²) in [5, 5.41) is 0.566. The number of benzene rings is 2. The van der Waals surface area contributed by atoms with Crippen LogP contribution < -0.4 is 4.74 Å². The molecule has 104 valence electrons. The highest BCUT2D eigenvalue weighted by molar-refractivity contribution is 14.1. The van der Waals surface area contributed by atoms with E-state index in [0.29, 0.717) is 22.8 Å². The zero-order valence-corrected chi connectivity index (χ0v) is 13.9. The summed E-state index contributed by atoms with van der Waals surface area (Å²) in [7, 11) is 0. The van der Waals surface area contributed by atoms with Gasteiger partial charge in [-0.3, -0.25) is 4.79 Å². The molecule has 0 unspecified atom stereocenters. The van der Waals surface area contributed by atoms with Crippen molar-refractivity contribution in [1.82, 2.24) is 0 Å². The van der Waals surface area contributed by atoms with Gasteiger partial charge in [-0.1, -0.05) is 18.5 Å². The van der Waals surface area contributed by atoms with Gasteiger partial charge in [0, 0.05) is 19.7 Å². The molecule has 0 spiro atoms. The van der Waals surface area contributed by atoms with Gasteiger partial charge in [0.15, 0.2) is 5.78 Å². The van der Waals surface area contributed by atoms with Crippen molar-refractivity contribution in [2.75, 3.05) is 6.61 Å². The summed E-state index contributed by atoms with van der Waals surface area (Å²) in [6.45, 7) is 2.73. The number of halogens is 2. The zero-order valence-electron chi connectivity index (χ0n) is 11.0. The third-order valence-corrected chi connectivity index (χ3v) is 3.94. The molecule has 0 aliphatic rings. The molecule has 0 bridgehead atoms. The van der Waals surface area contributed by atoms with Gasteiger partial charge >= 0.3 is 0 Å². The van der Waals surface area contributed by atoms with Gasteiger partial charge < -0.3 is 4.74 Å². The molecule has 0 saturated carbocycles. The summed E-state index contributed by atoms with van der Waals surface area (Å²) in [5.41, 5.74) is 1.26. The van der Waals surface area contributed by atoms with Gasteiger partial charge in [0.05, 0.1) is 6.61 Å². The number of rotatable bonds is 5. The van der Waals surface area contributed by atoms with Crippen LogP contribution in [0.2, 0.25) is 5.02 Å². The number of ether oxygens (including phenoxy) is 1. The Morgan fingerprint density at radius 1 is 1.20 bits per heavy atom. The Labute approximate surface area is 137 Å². The standard InChI is InChI=1S/C16H14ClIO2/c1-2-9-20-13-6-3-11(4-7-13)16(19)14-10-12(17)5-8-15(14)18/h3-8,10H,2,9H2,1H3. The van der Waals surface area contributed by atoms with E-state index in [1.807, 2.05) is 18.2 Å². The lowest BCUT2D eigenvalue weighted by molar-refractivity contribution is 0.103. The van der Waals surface area contributed by atoms with E-state index in [-0.39, 0.29) is 5.78 Å². The maximum absolute atomic E-state index is 12.4. The first-order valence-electron chi connectivity index (χ1n) is 6.34. The Bertz CT molecular complexity index is 608. The van der Waals surface area contributed by atoms with Crippen LogP contribution in [0.5, 0.6) is 5.75 Å². The highest BCUT2D eigenvalue weighted by Gasteiger charge is 2.13. The zero-order chi connectivity index (χ0) is 14.5. The van der Waals surface area contributed by atoms with Gasteiger partial charge in [-0.2, -0.15) is 0 Å². The Morgan fingerprint density at radius 2 is 1.90 bits per heavy atom. The lowest BCUT2D eigenvalue weighted by atomic mass is 10.0. The maximum atomic E-state index is 12.4. The first kappa shape index (κ1) is 15.3. The van der Waals surface area contributed by atoms with Crippen LogP contribution in [0, 0.1) is 3.57 Å². The van der Waals surface area contributed by atoms with E-state index in [2.05, 4.69) is 29.5 Å². The van der Waals surface area contributed by atoms with Crippen LogP contribution in [0.25, 0.3) is 0 Å². The minimum Gasteiger partial charge on any atom is -0.494 e. The van der Waals surface area contributed by atoms with Crippen molar-refractivity contribution < 1.29 is 9.53 Å². The SMILES string of the molecule is CCCOc1ccc(C(=O)c2cc(Cl)ccc2I)cc1. The highest BCUT2D eigenvalue weighted by atomic mass is 127. The lowest BCUT2D eigenvalue weighted by Gasteiger charge is -2.07. The number of carbonyl (C=O) groups excluding carboxylic acids is 1. The second kappa shape index (κ2) is 7.09. The van der Waals surface area contributed by atoms with Crippen LogP contribution in [-0.2, 0) is 0 Å². The molecular formula is C16H14ClIO2. The third-order valence-electron chi connectivity index (χ3n) is 2.76. The fourth-order valence-electron chi connectivity index (χ4n) is 1.75. The van der Waals surface area contributed by atoms with E-state index in [0.717, 1.165) is 15.7 Å². The molecule has 0 aliphatic carbocycles. The molecule has 0 amide bonds. The summed E-state index contributed by atoms with van der Waals surface area (Å²) >= 11 is 8.10. The Hall–Kier alpha value is -1.07. The van der Waals surface area contributed by atoms with Crippen molar-refractivity contribution in [3.05, 3.63) is 62.2 Å². The van der Waals surface area contributed by atoms with Crippen LogP contribution in [0.15, 0.2) is 42.5 Å². The molecule has 2 nitrogen and oxygen atoms in total. The fourth-order valence-corrected chi connectivity index (χ4v) is 2.50. The quantitative estimate of drug-likeness (QED) is 0.523. The number of ketones is 1. The van der Waals surface area contributed by atoms with Crippen molar-refractivity contribution in [3.8, 4) is 5.75 Å². The van der Waals surface area contributed by atoms with E-state index < -0.39 is 0 Å². The van der Waals surface area contributed by atoms with Crippen molar-refractivity contribution in [1.29, 1.82) is 0 Å². The molecule has 0 saturated heterocycles. The maximum Gasteiger partial charge on any atom is 0.194 e. The van der Waals surface area contributed by atoms with Crippen LogP contribution in [-0.4, -0.2) is 12.4 Å². The molecule has 0 N–H and O–H groups in total. The summed E-state index contributed by atoms with van der Waals surface area (Å²) in [5.74, 6) is 0.753. The second-order valence-electron chi connectivity index (χ2n) is 4.33. The van der Waals surface area contributed by atoms with Crippen molar-refractivity contribution in [3.63, 3.8) is 0 Å². The van der Waals surface area contributed by atoms with Crippen LogP contribution >= 0.6 is 34.2 Å². The van der Waals surface area contributed by atoms with Gasteiger partial charge in [-0.15, -0.1) is 0 Å². The first-order chi connectivity index (χ1) is 9.61. The summed E-state index contributed by atoms with van der Waals surface area (Å²) in [4.78, 5) is 12.4. The van der Waals surface area contributed by atoms with E-state index in [1.54, 1.807) is 24.3 Å². The third kappa shape index (κ3) is 3.73. The van der Waals surface area contributed by atoms with E-state index in [9.17, 15) is 4.79 Å². The summed E-state index contributed by atoms with van der Waals surface area (Å²) in [6.07, 6.45) is 0.960. The molecule has 0 aliphatic heterocycles. The van der Waals surface area contributed by atoms with E-state index >= 15 is 0 Å². The monoisotopic (exact) mass is 400 g/mol. The first-order valence-corrected chi connectivity index (χ1v) is 7.80. The van der Waals surface area contributed by atoms with E-state index in [4.69, 9.17) is 16.3 Å². The molecule has 0 fully saturated rings. The smallest absolute Gasteiger partial charge is 0.194 e. The Morgan fingerprint density at radius 3 is 2.55 bits per heavy atom. The minimum atomic E-state index is -0.0288. The van der Waals surface area contributed by atoms with Gasteiger partial charge in [0.25, 0.3) is 0 Å². The van der Waals surface area contributed by atoms with Crippen LogP contribution in [0.3, 0.4) is 0 Å². The molecule has 0 aromatic heterocycles. The molecule has 4 heteroatoms. The molecule has 20 heavy (non-hydrogen) atoms. The lowest BCUT2D eigenvalue weighted by Crippen LogP contribution is -2.04. The molecule has 0 atom stereocenters. The van der Waals surface area contributed by atoms with Crippen LogP contribution in [0.1, 0.15) is 29.3 Å². The number of carbonyl (C=O) groups is 1. The van der Waals surface area contributed by atoms with E-state index in [1.165, 1.54) is 0 Å². The van der Waals surface area contributed by atoms with Crippen LogP contribution in [0.4, 0.5) is 0 Å². The molecule has 2 aromatic rings. The highest BCUT2D eigenvalue weighted by Crippen LogP contribution is 2.22. The second-order valence-corrected chi connectivity index (χ2v) is 5.92. The minimum absolute atomic E-state index is 0.0288. The topological polar surface area (TPSA) is 26.3 Å². The molecule has 0 heterocycles. The Balaban J connectivity index is 2.22. The predicted molar refractivity (Wildman–Crippen MR) is 89.8 cm³/mol. The Kier molecular flexibility index (Phi) is 5.43. The van der Waals surface area contributed by atoms with Crippen molar-refractivity contribution in [2.45, 2.75) is 13.3 Å². The molecular weight excluding hydrogens is 387 g/mol. The number of hydrogen-bond donors (Lipinski definition) is 0. The van der Waals surface area contributed by atoms with Crippen molar-refractivity contribution in [2.24, 2.45) is 0 Å².